The van der Waals surface area contributed by atoms with E-state index in [2.05, 4.69) is 46.9 Å². The number of nitrogens with one attached hydrogen (secondary N) is 1. The van der Waals surface area contributed by atoms with Crippen molar-refractivity contribution in [2.75, 3.05) is 12.3 Å². The smallest absolute Gasteiger partial charge is 0.0915 e. The Labute approximate surface area is 127 Å². The van der Waals surface area contributed by atoms with Crippen molar-refractivity contribution < 1.29 is 5.11 Å². The lowest BCUT2D eigenvalue weighted by Crippen LogP contribution is -2.38. The summed E-state index contributed by atoms with van der Waals surface area (Å²) in [5, 5.41) is 14.1. The molecule has 1 aromatic carbocycles. The number of nitrogens with two attached hydrogens (primary N) is 1. The highest BCUT2D eigenvalue weighted by Crippen LogP contribution is 2.35. The molecule has 1 unspecified atom stereocenters. The predicted molar refractivity (Wildman–Crippen MR) is 87.3 cm³/mol. The van der Waals surface area contributed by atoms with E-state index in [4.69, 9.17) is 17.3 Å². The zero-order valence-corrected chi connectivity index (χ0v) is 14.1. The molecule has 4 N–H and O–H groups in total. The molecule has 0 aliphatic carbocycles. The monoisotopic (exact) mass is 298 g/mol. The molecule has 20 heavy (non-hydrogen) atoms. The summed E-state index contributed by atoms with van der Waals surface area (Å²) >= 11 is 6.20. The molecular weight excluding hydrogens is 272 g/mol. The van der Waals surface area contributed by atoms with Crippen LogP contribution in [0.5, 0.6) is 0 Å². The number of hydrogen-bond acceptors (Lipinski definition) is 3. The fraction of sp³-hybridized carbons (Fsp3) is 0.625. The van der Waals surface area contributed by atoms with Crippen LogP contribution in [0.4, 0.5) is 5.69 Å². The molecule has 0 radical (unpaired) electrons. The van der Waals surface area contributed by atoms with Crippen molar-refractivity contribution in [2.45, 2.75) is 58.6 Å². The Morgan fingerprint density at radius 3 is 2.20 bits per heavy atom. The minimum atomic E-state index is -0.603. The van der Waals surface area contributed by atoms with Gasteiger partial charge in [0.1, 0.15) is 0 Å². The lowest BCUT2D eigenvalue weighted by Gasteiger charge is -2.26. The first-order valence-corrected chi connectivity index (χ1v) is 7.32. The second-order valence-electron chi connectivity index (χ2n) is 7.36. The number of benzene rings is 1. The second kappa shape index (κ2) is 5.92. The summed E-state index contributed by atoms with van der Waals surface area (Å²) < 4.78 is 0. The van der Waals surface area contributed by atoms with Gasteiger partial charge in [-0.1, -0.05) is 38.4 Å². The van der Waals surface area contributed by atoms with Crippen molar-refractivity contribution >= 4 is 17.3 Å². The molecule has 0 aliphatic rings. The van der Waals surface area contributed by atoms with E-state index >= 15 is 0 Å². The largest absolute Gasteiger partial charge is 0.397 e. The van der Waals surface area contributed by atoms with E-state index in [0.717, 1.165) is 11.1 Å². The van der Waals surface area contributed by atoms with Crippen LogP contribution in [0.3, 0.4) is 0 Å². The molecule has 0 fully saturated rings. The fourth-order valence-corrected chi connectivity index (χ4v) is 2.20. The van der Waals surface area contributed by atoms with Gasteiger partial charge in [0, 0.05) is 12.1 Å². The van der Waals surface area contributed by atoms with E-state index in [1.165, 1.54) is 0 Å². The van der Waals surface area contributed by atoms with Crippen molar-refractivity contribution in [1.29, 1.82) is 0 Å². The van der Waals surface area contributed by atoms with Crippen LogP contribution in [0, 0.1) is 0 Å². The second-order valence-corrected chi connectivity index (χ2v) is 7.77. The molecule has 1 rings (SSSR count). The first-order valence-electron chi connectivity index (χ1n) is 6.94. The van der Waals surface area contributed by atoms with Crippen LogP contribution in [0.25, 0.3) is 0 Å². The van der Waals surface area contributed by atoms with Crippen molar-refractivity contribution in [3.8, 4) is 0 Å². The van der Waals surface area contributed by atoms with E-state index in [-0.39, 0.29) is 11.0 Å². The molecule has 0 aromatic heterocycles. The zero-order chi connectivity index (χ0) is 15.7. The van der Waals surface area contributed by atoms with Gasteiger partial charge in [0.05, 0.1) is 16.8 Å². The summed E-state index contributed by atoms with van der Waals surface area (Å²) in [4.78, 5) is 0. The third kappa shape index (κ3) is 4.65. The maximum absolute atomic E-state index is 10.3. The number of aliphatic hydroxyl groups excluding tert-OH is 1. The molecule has 1 aromatic rings. The van der Waals surface area contributed by atoms with Gasteiger partial charge >= 0.3 is 0 Å². The van der Waals surface area contributed by atoms with Crippen LogP contribution in [0.15, 0.2) is 12.1 Å². The van der Waals surface area contributed by atoms with Gasteiger partial charge in [0.25, 0.3) is 0 Å². The van der Waals surface area contributed by atoms with Crippen LogP contribution < -0.4 is 11.1 Å². The van der Waals surface area contributed by atoms with Crippen molar-refractivity contribution in [2.24, 2.45) is 0 Å². The molecular formula is C16H27ClN2O. The average molecular weight is 299 g/mol. The molecule has 4 heteroatoms. The van der Waals surface area contributed by atoms with Crippen molar-refractivity contribution in [3.05, 3.63) is 28.3 Å². The van der Waals surface area contributed by atoms with Gasteiger partial charge in [-0.3, -0.25) is 0 Å². The Hall–Kier alpha value is -0.770. The highest BCUT2D eigenvalue weighted by Gasteiger charge is 2.22. The molecule has 3 nitrogen and oxygen atoms in total. The Morgan fingerprint density at radius 1 is 1.20 bits per heavy atom. The molecule has 0 amide bonds. The molecule has 0 saturated carbocycles. The van der Waals surface area contributed by atoms with E-state index in [0.29, 0.717) is 17.3 Å². The van der Waals surface area contributed by atoms with Gasteiger partial charge in [-0.25, -0.2) is 0 Å². The summed E-state index contributed by atoms with van der Waals surface area (Å²) in [6.07, 6.45) is -0.603. The summed E-state index contributed by atoms with van der Waals surface area (Å²) in [6.45, 7) is 12.9. The normalized spacial score (nSPS) is 14.4. The lowest BCUT2D eigenvalue weighted by atomic mass is 9.84. The third-order valence-corrected chi connectivity index (χ3v) is 3.48. The quantitative estimate of drug-likeness (QED) is 0.747. The fourth-order valence-electron chi connectivity index (χ4n) is 1.97. The standard InChI is InChI=1S/C16H27ClN2O/c1-15(2,3)11-7-10(8-12(17)14(11)18)13(20)9-19-16(4,5)6/h7-8,13,19-20H,9,18H2,1-6H3. The number of halogens is 1. The lowest BCUT2D eigenvalue weighted by molar-refractivity contribution is 0.163. The minimum absolute atomic E-state index is 0.0363. The first kappa shape index (κ1) is 17.3. The first-order chi connectivity index (χ1) is 8.92. The number of nitrogen functional groups attached to an aromatic ring is 1. The molecule has 0 bridgehead atoms. The van der Waals surface area contributed by atoms with Crippen molar-refractivity contribution in [3.63, 3.8) is 0 Å². The van der Waals surface area contributed by atoms with Gasteiger partial charge in [0.15, 0.2) is 0 Å². The molecule has 1 atom stereocenters. The average Bonchev–Trinajstić information content (AvgIpc) is 2.26. The third-order valence-electron chi connectivity index (χ3n) is 3.17. The van der Waals surface area contributed by atoms with E-state index < -0.39 is 6.10 Å². The maximum Gasteiger partial charge on any atom is 0.0915 e. The minimum Gasteiger partial charge on any atom is -0.397 e. The van der Waals surface area contributed by atoms with Gasteiger partial charge < -0.3 is 16.2 Å². The van der Waals surface area contributed by atoms with Crippen molar-refractivity contribution in [1.82, 2.24) is 5.32 Å². The van der Waals surface area contributed by atoms with Gasteiger partial charge in [-0.2, -0.15) is 0 Å². The van der Waals surface area contributed by atoms with Gasteiger partial charge in [-0.15, -0.1) is 0 Å². The highest BCUT2D eigenvalue weighted by molar-refractivity contribution is 6.33. The van der Waals surface area contributed by atoms with E-state index in [1.807, 2.05) is 6.07 Å². The summed E-state index contributed by atoms with van der Waals surface area (Å²) in [5.41, 5.74) is 8.27. The van der Waals surface area contributed by atoms with Crippen LogP contribution in [-0.4, -0.2) is 17.2 Å². The SMILES string of the molecule is CC(C)(C)NCC(O)c1cc(Cl)c(N)c(C(C)(C)C)c1. The topological polar surface area (TPSA) is 58.3 Å². The van der Waals surface area contributed by atoms with Gasteiger partial charge in [0.2, 0.25) is 0 Å². The summed E-state index contributed by atoms with van der Waals surface area (Å²) in [5.74, 6) is 0. The molecule has 114 valence electrons. The van der Waals surface area contributed by atoms with Crippen LogP contribution in [0.1, 0.15) is 58.8 Å². The Bertz CT molecular complexity index is 473. The number of aliphatic hydroxyl groups is 1. The van der Waals surface area contributed by atoms with E-state index in [9.17, 15) is 5.11 Å². The summed E-state index contributed by atoms with van der Waals surface area (Å²) in [6, 6.07) is 3.71. The maximum atomic E-state index is 10.3. The predicted octanol–water partition coefficient (Wildman–Crippen LogP) is 3.64. The van der Waals surface area contributed by atoms with Crippen LogP contribution >= 0.6 is 11.6 Å². The zero-order valence-electron chi connectivity index (χ0n) is 13.3. The highest BCUT2D eigenvalue weighted by atomic mass is 35.5. The number of rotatable bonds is 3. The van der Waals surface area contributed by atoms with Crippen LogP contribution in [0.2, 0.25) is 5.02 Å². The van der Waals surface area contributed by atoms with Gasteiger partial charge in [-0.05, 0) is 43.4 Å². The number of anilines is 1. The Kier molecular flexibility index (Phi) is 5.12. The molecule has 0 aliphatic heterocycles. The number of β-amino-alcohol motifs (C(OH)–C–C–N with tert-alkyl or cyclic N) is 1. The Balaban J connectivity index is 3.05. The Morgan fingerprint density at radius 2 is 1.75 bits per heavy atom. The number of hydrogen-bond donors (Lipinski definition) is 3. The summed E-state index contributed by atoms with van der Waals surface area (Å²) in [7, 11) is 0. The molecule has 0 spiro atoms. The molecule has 0 heterocycles. The molecule has 0 saturated heterocycles. The van der Waals surface area contributed by atoms with E-state index in [1.54, 1.807) is 6.07 Å². The van der Waals surface area contributed by atoms with Crippen LogP contribution in [-0.2, 0) is 5.41 Å².